The summed E-state index contributed by atoms with van der Waals surface area (Å²) in [6.45, 7) is 1.17. The Morgan fingerprint density at radius 2 is 1.97 bits per heavy atom. The lowest BCUT2D eigenvalue weighted by Crippen LogP contribution is -2.43. The van der Waals surface area contributed by atoms with Crippen molar-refractivity contribution in [2.75, 3.05) is 32.3 Å². The van der Waals surface area contributed by atoms with Crippen LogP contribution in [0.5, 0.6) is 5.75 Å². The van der Waals surface area contributed by atoms with Crippen molar-refractivity contribution in [3.8, 4) is 16.9 Å². The van der Waals surface area contributed by atoms with Crippen molar-refractivity contribution < 1.29 is 9.47 Å². The molecular weight excluding hydrogens is 382 g/mol. The number of allylic oxidation sites excluding steroid dienone is 1. The summed E-state index contributed by atoms with van der Waals surface area (Å²) < 4.78 is 12.7. The lowest BCUT2D eigenvalue weighted by Gasteiger charge is -2.36. The first-order valence-electron chi connectivity index (χ1n) is 9.48. The summed E-state index contributed by atoms with van der Waals surface area (Å²) in [4.78, 5) is 8.11. The van der Waals surface area contributed by atoms with E-state index in [1.54, 1.807) is 25.1 Å². The van der Waals surface area contributed by atoms with E-state index in [1.807, 2.05) is 59.7 Å². The minimum Gasteiger partial charge on any atom is -0.495 e. The van der Waals surface area contributed by atoms with Crippen LogP contribution in [0.15, 0.2) is 71.2 Å². The molecule has 3 heterocycles. The summed E-state index contributed by atoms with van der Waals surface area (Å²) in [5.41, 5.74) is 17.2. The first-order valence-corrected chi connectivity index (χ1v) is 9.48. The van der Waals surface area contributed by atoms with E-state index in [9.17, 15) is 0 Å². The van der Waals surface area contributed by atoms with Crippen LogP contribution >= 0.6 is 0 Å². The summed E-state index contributed by atoms with van der Waals surface area (Å²) in [5, 5.41) is 4.24. The first-order chi connectivity index (χ1) is 14.5. The first kappa shape index (κ1) is 19.6. The summed E-state index contributed by atoms with van der Waals surface area (Å²) in [7, 11) is 5.17. The van der Waals surface area contributed by atoms with Gasteiger partial charge in [0, 0.05) is 50.4 Å². The third-order valence-corrected chi connectivity index (χ3v) is 5.04. The molecule has 0 aliphatic carbocycles. The Labute approximate surface area is 175 Å². The molecule has 0 saturated heterocycles. The standard InChI is InChI=1S/C21H25N7O2/c1-26-13-16(12-25-26)14-4-5-17(18(10-14)30-3)28-19-15(11-24-21(28)23)6-7-27(20(19)22)8-9-29-2/h4-7,10-13H,8-9,22H2,1-3H3,(H2,23,24). The number of nitrogens with two attached hydrogens (primary N) is 2. The molecule has 2 aromatic rings. The Morgan fingerprint density at radius 1 is 1.13 bits per heavy atom. The number of fused-ring (bicyclic) bond motifs is 1. The summed E-state index contributed by atoms with van der Waals surface area (Å²) >= 11 is 0. The summed E-state index contributed by atoms with van der Waals surface area (Å²) in [6, 6.07) is 5.90. The largest absolute Gasteiger partial charge is 0.495 e. The second-order valence-corrected chi connectivity index (χ2v) is 6.93. The highest BCUT2D eigenvalue weighted by atomic mass is 16.5. The zero-order valence-electron chi connectivity index (χ0n) is 17.2. The summed E-state index contributed by atoms with van der Waals surface area (Å²) in [5.74, 6) is 1.53. The molecule has 0 fully saturated rings. The molecule has 9 nitrogen and oxygen atoms in total. The number of guanidine groups is 1. The number of hydrogen-bond donors (Lipinski definition) is 2. The molecule has 2 aliphatic rings. The zero-order chi connectivity index (χ0) is 21.3. The fraction of sp³-hybridized carbons (Fsp3) is 0.238. The Hall–Kier alpha value is -3.72. The molecule has 1 aromatic carbocycles. The quantitative estimate of drug-likeness (QED) is 0.751. The maximum absolute atomic E-state index is 6.53. The normalized spacial score (nSPS) is 15.8. The number of aromatic nitrogens is 2. The van der Waals surface area contributed by atoms with E-state index in [-0.39, 0.29) is 0 Å². The Kier molecular flexibility index (Phi) is 5.20. The van der Waals surface area contributed by atoms with Crippen molar-refractivity contribution in [1.82, 2.24) is 14.7 Å². The van der Waals surface area contributed by atoms with Crippen LogP contribution in [0.25, 0.3) is 11.1 Å². The third kappa shape index (κ3) is 3.39. The molecule has 0 amide bonds. The van der Waals surface area contributed by atoms with Crippen LogP contribution in [0.3, 0.4) is 0 Å². The fourth-order valence-electron chi connectivity index (χ4n) is 3.51. The highest BCUT2D eigenvalue weighted by Gasteiger charge is 2.30. The lowest BCUT2D eigenvalue weighted by molar-refractivity contribution is 0.178. The Bertz CT molecular complexity index is 1080. The van der Waals surface area contributed by atoms with Crippen molar-refractivity contribution in [3.63, 3.8) is 0 Å². The number of methoxy groups -OCH3 is 2. The van der Waals surface area contributed by atoms with Gasteiger partial charge < -0.3 is 25.8 Å². The Morgan fingerprint density at radius 3 is 2.67 bits per heavy atom. The minimum absolute atomic E-state index is 0.311. The van der Waals surface area contributed by atoms with Gasteiger partial charge in [-0.25, -0.2) is 4.99 Å². The van der Waals surface area contributed by atoms with Gasteiger partial charge in [-0.1, -0.05) is 6.07 Å². The van der Waals surface area contributed by atoms with Crippen LogP contribution in [0, 0.1) is 0 Å². The van der Waals surface area contributed by atoms with Crippen LogP contribution in [0.4, 0.5) is 5.69 Å². The van der Waals surface area contributed by atoms with Gasteiger partial charge in [0.2, 0.25) is 5.96 Å². The van der Waals surface area contributed by atoms with Gasteiger partial charge in [0.05, 0.1) is 31.3 Å². The van der Waals surface area contributed by atoms with E-state index in [2.05, 4.69) is 10.1 Å². The maximum atomic E-state index is 6.53. The number of aryl methyl sites for hydroxylation is 1. The van der Waals surface area contributed by atoms with Crippen LogP contribution in [0.1, 0.15) is 0 Å². The predicted molar refractivity (Wildman–Crippen MR) is 116 cm³/mol. The van der Waals surface area contributed by atoms with Gasteiger partial charge in [0.25, 0.3) is 0 Å². The summed E-state index contributed by atoms with van der Waals surface area (Å²) in [6.07, 6.45) is 9.36. The molecule has 0 saturated carbocycles. The van der Waals surface area contributed by atoms with Crippen molar-refractivity contribution >= 4 is 11.6 Å². The number of benzene rings is 1. The van der Waals surface area contributed by atoms with E-state index in [0.29, 0.717) is 30.7 Å². The van der Waals surface area contributed by atoms with Gasteiger partial charge >= 0.3 is 0 Å². The average Bonchev–Trinajstić information content (AvgIpc) is 3.19. The van der Waals surface area contributed by atoms with Gasteiger partial charge in [-0.2, -0.15) is 5.10 Å². The van der Waals surface area contributed by atoms with Crippen LogP contribution in [0.2, 0.25) is 0 Å². The topological polar surface area (TPSA) is 107 Å². The molecule has 0 atom stereocenters. The van der Waals surface area contributed by atoms with Crippen LogP contribution in [-0.2, 0) is 11.8 Å². The number of rotatable bonds is 6. The van der Waals surface area contributed by atoms with E-state index in [4.69, 9.17) is 20.9 Å². The number of aliphatic imine (C=N–C) groups is 1. The highest BCUT2D eigenvalue weighted by molar-refractivity contribution is 6.02. The van der Waals surface area contributed by atoms with Gasteiger partial charge in [-0.3, -0.25) is 9.58 Å². The van der Waals surface area contributed by atoms with Crippen LogP contribution < -0.4 is 21.1 Å². The molecule has 4 N–H and O–H groups in total. The lowest BCUT2D eigenvalue weighted by atomic mass is 10.0. The van der Waals surface area contributed by atoms with Gasteiger partial charge in [0.1, 0.15) is 11.6 Å². The van der Waals surface area contributed by atoms with Crippen molar-refractivity contribution in [3.05, 3.63) is 66.2 Å². The minimum atomic E-state index is 0.311. The number of hydrogen-bond acceptors (Lipinski definition) is 8. The molecular formula is C21H25N7O2. The SMILES string of the molecule is COCCN1C=CC2=CN=C(N)N(c3ccc(-c4cnn(C)c4)cc3OC)C2=C1N. The van der Waals surface area contributed by atoms with Gasteiger partial charge in [0.15, 0.2) is 0 Å². The molecule has 4 rings (SSSR count). The number of ether oxygens (including phenoxy) is 2. The van der Waals surface area contributed by atoms with Crippen molar-refractivity contribution in [2.24, 2.45) is 23.5 Å². The third-order valence-electron chi connectivity index (χ3n) is 5.04. The maximum Gasteiger partial charge on any atom is 0.205 e. The molecule has 9 heteroatoms. The molecule has 0 spiro atoms. The monoisotopic (exact) mass is 407 g/mol. The van der Waals surface area contributed by atoms with E-state index in [0.717, 1.165) is 28.1 Å². The molecule has 1 aromatic heterocycles. The Balaban J connectivity index is 1.78. The van der Waals surface area contributed by atoms with Crippen molar-refractivity contribution in [2.45, 2.75) is 0 Å². The molecule has 156 valence electrons. The van der Waals surface area contributed by atoms with Crippen LogP contribution in [-0.4, -0.2) is 48.0 Å². The highest BCUT2D eigenvalue weighted by Crippen LogP contribution is 2.39. The number of anilines is 1. The average molecular weight is 407 g/mol. The predicted octanol–water partition coefficient (Wildman–Crippen LogP) is 1.72. The fourth-order valence-corrected chi connectivity index (χ4v) is 3.51. The molecule has 0 unspecified atom stereocenters. The second-order valence-electron chi connectivity index (χ2n) is 6.93. The van der Waals surface area contributed by atoms with Gasteiger partial charge in [-0.15, -0.1) is 0 Å². The smallest absolute Gasteiger partial charge is 0.205 e. The number of nitrogens with zero attached hydrogens (tertiary/aromatic N) is 5. The van der Waals surface area contributed by atoms with E-state index in [1.165, 1.54) is 0 Å². The molecule has 2 aliphatic heterocycles. The van der Waals surface area contributed by atoms with E-state index >= 15 is 0 Å². The second kappa shape index (κ2) is 7.96. The van der Waals surface area contributed by atoms with E-state index < -0.39 is 0 Å². The zero-order valence-corrected chi connectivity index (χ0v) is 17.2. The molecule has 30 heavy (non-hydrogen) atoms. The molecule has 0 radical (unpaired) electrons. The van der Waals surface area contributed by atoms with Crippen molar-refractivity contribution in [1.29, 1.82) is 0 Å². The van der Waals surface area contributed by atoms with Gasteiger partial charge in [-0.05, 0) is 23.8 Å². The molecule has 0 bridgehead atoms.